The van der Waals surface area contributed by atoms with Crippen LogP contribution in [-0.2, 0) is 0 Å². The minimum absolute atomic E-state index is 0.909. The van der Waals surface area contributed by atoms with Gasteiger partial charge in [0.15, 0.2) is 0 Å². The van der Waals surface area contributed by atoms with Gasteiger partial charge in [0.25, 0.3) is 0 Å². The second-order valence-electron chi connectivity index (χ2n) is 6.44. The first-order valence-corrected chi connectivity index (χ1v) is 8.97. The van der Waals surface area contributed by atoms with Gasteiger partial charge in [-0.05, 0) is 42.3 Å². The van der Waals surface area contributed by atoms with Crippen molar-refractivity contribution in [2.75, 3.05) is 0 Å². The van der Waals surface area contributed by atoms with E-state index in [1.165, 1.54) is 11.1 Å². The van der Waals surface area contributed by atoms with Gasteiger partial charge in [-0.1, -0.05) is 67.3 Å². The Kier molecular flexibility index (Phi) is 4.63. The Balaban J connectivity index is 1.90. The molecular weight excluding hydrogens is 328 g/mol. The van der Waals surface area contributed by atoms with Crippen molar-refractivity contribution in [1.29, 1.82) is 0 Å². The SMILES string of the molecule is C=C(/C=C/c1ccccn1)c1c(C)nc2ccccc2c1-c1ccccc1. The third kappa shape index (κ3) is 3.42. The van der Waals surface area contributed by atoms with Gasteiger partial charge in [0.2, 0.25) is 0 Å². The normalized spacial score (nSPS) is 11.1. The largest absolute Gasteiger partial charge is 0.257 e. The zero-order chi connectivity index (χ0) is 18.6. The van der Waals surface area contributed by atoms with E-state index in [9.17, 15) is 0 Å². The summed E-state index contributed by atoms with van der Waals surface area (Å²) in [6.45, 7) is 6.39. The first-order valence-electron chi connectivity index (χ1n) is 8.97. The van der Waals surface area contributed by atoms with E-state index in [0.29, 0.717) is 0 Å². The maximum absolute atomic E-state index is 4.83. The minimum atomic E-state index is 0.909. The van der Waals surface area contributed by atoms with E-state index >= 15 is 0 Å². The van der Waals surface area contributed by atoms with Crippen molar-refractivity contribution in [3.63, 3.8) is 0 Å². The van der Waals surface area contributed by atoms with Gasteiger partial charge in [-0.3, -0.25) is 9.97 Å². The molecule has 0 aliphatic carbocycles. The monoisotopic (exact) mass is 348 g/mol. The predicted molar refractivity (Wildman–Crippen MR) is 114 cm³/mol. The van der Waals surface area contributed by atoms with E-state index in [4.69, 9.17) is 4.98 Å². The number of aromatic nitrogens is 2. The van der Waals surface area contributed by atoms with Gasteiger partial charge in [-0.25, -0.2) is 0 Å². The average molecular weight is 348 g/mol. The number of nitrogens with zero attached hydrogens (tertiary/aromatic N) is 2. The molecule has 0 amide bonds. The van der Waals surface area contributed by atoms with Crippen molar-refractivity contribution in [3.05, 3.63) is 109 Å². The molecule has 0 fully saturated rings. The highest BCUT2D eigenvalue weighted by molar-refractivity contribution is 6.02. The summed E-state index contributed by atoms with van der Waals surface area (Å²) in [5, 5.41) is 1.14. The molecule has 4 rings (SSSR count). The Labute approximate surface area is 159 Å². The van der Waals surface area contributed by atoms with Crippen LogP contribution in [0.1, 0.15) is 17.0 Å². The summed E-state index contributed by atoms with van der Waals surface area (Å²) in [5.41, 5.74) is 7.23. The van der Waals surface area contributed by atoms with Gasteiger partial charge in [0.05, 0.1) is 11.2 Å². The van der Waals surface area contributed by atoms with Crippen molar-refractivity contribution in [2.45, 2.75) is 6.92 Å². The van der Waals surface area contributed by atoms with Gasteiger partial charge in [0.1, 0.15) is 0 Å². The summed E-state index contributed by atoms with van der Waals surface area (Å²) < 4.78 is 0. The van der Waals surface area contributed by atoms with Gasteiger partial charge >= 0.3 is 0 Å². The standard InChI is InChI=1S/C25H20N2/c1-18(15-16-21-12-8-9-17-26-21)24-19(2)27-23-14-7-6-13-22(23)25(24)20-10-4-3-5-11-20/h3-17H,1H2,2H3/b16-15+. The highest BCUT2D eigenvalue weighted by Crippen LogP contribution is 2.36. The molecule has 0 N–H and O–H groups in total. The van der Waals surface area contributed by atoms with Crippen molar-refractivity contribution in [3.8, 4) is 11.1 Å². The van der Waals surface area contributed by atoms with Gasteiger partial charge in [-0.15, -0.1) is 0 Å². The zero-order valence-electron chi connectivity index (χ0n) is 15.3. The van der Waals surface area contributed by atoms with Crippen LogP contribution in [0, 0.1) is 6.92 Å². The highest BCUT2D eigenvalue weighted by Gasteiger charge is 2.15. The van der Waals surface area contributed by atoms with E-state index in [0.717, 1.165) is 33.4 Å². The van der Waals surface area contributed by atoms with E-state index in [2.05, 4.69) is 54.0 Å². The first-order chi connectivity index (χ1) is 13.2. The predicted octanol–water partition coefficient (Wildman–Crippen LogP) is 6.33. The van der Waals surface area contributed by atoms with E-state index in [1.807, 2.05) is 49.4 Å². The lowest BCUT2D eigenvalue weighted by molar-refractivity contribution is 1.24. The molecule has 0 aliphatic rings. The molecule has 0 radical (unpaired) electrons. The summed E-state index contributed by atoms with van der Waals surface area (Å²) in [5.74, 6) is 0. The number of hydrogen-bond acceptors (Lipinski definition) is 2. The fourth-order valence-corrected chi connectivity index (χ4v) is 3.38. The number of rotatable bonds is 4. The summed E-state index contributed by atoms with van der Waals surface area (Å²) in [6.07, 6.45) is 5.81. The molecule has 2 aromatic carbocycles. The molecule has 0 atom stereocenters. The van der Waals surface area contributed by atoms with Gasteiger partial charge in [0, 0.05) is 28.4 Å². The first kappa shape index (κ1) is 16.9. The fraction of sp³-hybridized carbons (Fsp3) is 0.0400. The van der Waals surface area contributed by atoms with Crippen LogP contribution >= 0.6 is 0 Å². The Morgan fingerprint density at radius 1 is 0.889 bits per heavy atom. The van der Waals surface area contributed by atoms with Crippen molar-refractivity contribution in [2.24, 2.45) is 0 Å². The molecule has 0 aliphatic heterocycles. The van der Waals surface area contributed by atoms with Crippen LogP contribution < -0.4 is 0 Å². The number of benzene rings is 2. The third-order valence-electron chi connectivity index (χ3n) is 4.60. The third-order valence-corrected chi connectivity index (χ3v) is 4.60. The van der Waals surface area contributed by atoms with Crippen molar-refractivity contribution in [1.82, 2.24) is 9.97 Å². The van der Waals surface area contributed by atoms with Gasteiger partial charge < -0.3 is 0 Å². The molecule has 0 bridgehead atoms. The molecule has 0 unspecified atom stereocenters. The van der Waals surface area contributed by atoms with Crippen LogP contribution in [0.15, 0.2) is 91.6 Å². The number of fused-ring (bicyclic) bond motifs is 1. The molecule has 0 spiro atoms. The molecule has 130 valence electrons. The van der Waals surface area contributed by atoms with Crippen LogP contribution in [0.25, 0.3) is 33.7 Å². The van der Waals surface area contributed by atoms with Crippen LogP contribution in [0.2, 0.25) is 0 Å². The molecule has 27 heavy (non-hydrogen) atoms. The lowest BCUT2D eigenvalue weighted by Crippen LogP contribution is -1.97. The van der Waals surface area contributed by atoms with Crippen LogP contribution in [-0.4, -0.2) is 9.97 Å². The number of allylic oxidation sites excluding steroid dienone is 2. The fourth-order valence-electron chi connectivity index (χ4n) is 3.38. The Hall–Kier alpha value is -3.52. The number of aryl methyl sites for hydroxylation is 1. The number of hydrogen-bond donors (Lipinski definition) is 0. The molecule has 2 heteroatoms. The van der Waals surface area contributed by atoms with Crippen LogP contribution in [0.3, 0.4) is 0 Å². The minimum Gasteiger partial charge on any atom is -0.257 e. The molecule has 0 saturated carbocycles. The maximum Gasteiger partial charge on any atom is 0.0711 e. The second-order valence-corrected chi connectivity index (χ2v) is 6.44. The smallest absolute Gasteiger partial charge is 0.0711 e. The van der Waals surface area contributed by atoms with E-state index in [1.54, 1.807) is 6.20 Å². The molecule has 0 saturated heterocycles. The number of pyridine rings is 2. The Bertz CT molecular complexity index is 1130. The molecule has 4 aromatic rings. The lowest BCUT2D eigenvalue weighted by Gasteiger charge is -2.16. The molecule has 2 aromatic heterocycles. The van der Waals surface area contributed by atoms with Crippen molar-refractivity contribution < 1.29 is 0 Å². The van der Waals surface area contributed by atoms with Gasteiger partial charge in [-0.2, -0.15) is 0 Å². The van der Waals surface area contributed by atoms with E-state index < -0.39 is 0 Å². The lowest BCUT2D eigenvalue weighted by atomic mass is 9.90. The molecular formula is C25H20N2. The summed E-state index contributed by atoms with van der Waals surface area (Å²) >= 11 is 0. The highest BCUT2D eigenvalue weighted by atomic mass is 14.7. The Morgan fingerprint density at radius 2 is 1.63 bits per heavy atom. The quantitative estimate of drug-likeness (QED) is 0.403. The topological polar surface area (TPSA) is 25.8 Å². The Morgan fingerprint density at radius 3 is 2.41 bits per heavy atom. The van der Waals surface area contributed by atoms with Crippen LogP contribution in [0.5, 0.6) is 0 Å². The molecule has 2 nitrogen and oxygen atoms in total. The van der Waals surface area contributed by atoms with Crippen LogP contribution in [0.4, 0.5) is 0 Å². The average Bonchev–Trinajstić information content (AvgIpc) is 2.72. The maximum atomic E-state index is 4.83. The van der Waals surface area contributed by atoms with E-state index in [-0.39, 0.29) is 0 Å². The summed E-state index contributed by atoms with van der Waals surface area (Å²) in [4.78, 5) is 9.18. The zero-order valence-corrected chi connectivity index (χ0v) is 15.3. The number of para-hydroxylation sites is 1. The van der Waals surface area contributed by atoms with Crippen molar-refractivity contribution >= 4 is 22.6 Å². The second kappa shape index (κ2) is 7.38. The summed E-state index contributed by atoms with van der Waals surface area (Å²) in [6, 6.07) is 24.6. The molecule has 2 heterocycles. The summed E-state index contributed by atoms with van der Waals surface area (Å²) in [7, 11) is 0.